The van der Waals surface area contributed by atoms with Crippen molar-refractivity contribution in [3.8, 4) is 0 Å². The lowest BCUT2D eigenvalue weighted by Crippen LogP contribution is -2.20. The Hall–Kier alpha value is -0.0400. The average molecular weight is 195 g/mol. The lowest BCUT2D eigenvalue weighted by Gasteiger charge is -2.12. The lowest BCUT2D eigenvalue weighted by atomic mass is 9.98. The first kappa shape index (κ1) is 10.5. The third-order valence-electron chi connectivity index (χ3n) is 4.07. The van der Waals surface area contributed by atoms with E-state index in [1.54, 1.807) is 0 Å². The molecule has 0 radical (unpaired) electrons. The molecule has 3 unspecified atom stereocenters. The standard InChI is InChI=1S/C13H25N/c14-13-8-6-4-2-1-3-5-7-11-9-12(11)10-13/h11-13H,1-10,14H2. The van der Waals surface area contributed by atoms with Gasteiger partial charge >= 0.3 is 0 Å². The molecule has 0 aromatic carbocycles. The Bertz CT molecular complexity index is 167. The molecule has 1 heteroatoms. The van der Waals surface area contributed by atoms with E-state index in [-0.39, 0.29) is 0 Å². The summed E-state index contributed by atoms with van der Waals surface area (Å²) >= 11 is 0. The molecular weight excluding hydrogens is 170 g/mol. The second-order valence-electron chi connectivity index (χ2n) is 5.45. The first-order valence-corrected chi connectivity index (χ1v) is 6.62. The van der Waals surface area contributed by atoms with Gasteiger partial charge in [0.1, 0.15) is 0 Å². The summed E-state index contributed by atoms with van der Waals surface area (Å²) in [6, 6.07) is 0.518. The van der Waals surface area contributed by atoms with Gasteiger partial charge in [-0.1, -0.05) is 44.9 Å². The minimum absolute atomic E-state index is 0.518. The predicted molar refractivity (Wildman–Crippen MR) is 61.1 cm³/mol. The molecule has 0 bridgehead atoms. The van der Waals surface area contributed by atoms with Crippen molar-refractivity contribution < 1.29 is 0 Å². The third-order valence-corrected chi connectivity index (χ3v) is 4.07. The molecule has 0 saturated heterocycles. The summed E-state index contributed by atoms with van der Waals surface area (Å²) < 4.78 is 0. The monoisotopic (exact) mass is 195 g/mol. The van der Waals surface area contributed by atoms with Crippen LogP contribution in [0.3, 0.4) is 0 Å². The fourth-order valence-electron chi connectivity index (χ4n) is 2.98. The van der Waals surface area contributed by atoms with Crippen LogP contribution < -0.4 is 5.73 Å². The summed E-state index contributed by atoms with van der Waals surface area (Å²) in [5.74, 6) is 2.09. The van der Waals surface area contributed by atoms with Gasteiger partial charge in [-0.2, -0.15) is 0 Å². The van der Waals surface area contributed by atoms with E-state index < -0.39 is 0 Å². The number of hydrogen-bond donors (Lipinski definition) is 1. The molecule has 2 aliphatic carbocycles. The van der Waals surface area contributed by atoms with Crippen LogP contribution in [0, 0.1) is 11.8 Å². The zero-order valence-corrected chi connectivity index (χ0v) is 9.38. The van der Waals surface area contributed by atoms with E-state index in [4.69, 9.17) is 5.73 Å². The number of hydrogen-bond acceptors (Lipinski definition) is 1. The summed E-state index contributed by atoms with van der Waals surface area (Å²) in [6.07, 6.45) is 14.3. The Morgan fingerprint density at radius 2 is 1.29 bits per heavy atom. The second kappa shape index (κ2) is 5.16. The molecular formula is C13H25N. The van der Waals surface area contributed by atoms with Crippen LogP contribution in [0.4, 0.5) is 0 Å². The van der Waals surface area contributed by atoms with Crippen molar-refractivity contribution in [2.24, 2.45) is 17.6 Å². The molecule has 3 atom stereocenters. The summed E-state index contributed by atoms with van der Waals surface area (Å²) in [5, 5.41) is 0. The van der Waals surface area contributed by atoms with Gasteiger partial charge in [-0.3, -0.25) is 0 Å². The maximum Gasteiger partial charge on any atom is 0.00415 e. The van der Waals surface area contributed by atoms with E-state index in [1.165, 1.54) is 64.2 Å². The Labute approximate surface area is 88.4 Å². The summed E-state index contributed by atoms with van der Waals surface area (Å²) in [4.78, 5) is 0. The highest BCUT2D eigenvalue weighted by Crippen LogP contribution is 2.45. The average Bonchev–Trinajstić information content (AvgIpc) is 2.86. The Balaban J connectivity index is 1.73. The van der Waals surface area contributed by atoms with Gasteiger partial charge in [0, 0.05) is 6.04 Å². The zero-order valence-electron chi connectivity index (χ0n) is 9.38. The zero-order chi connectivity index (χ0) is 9.80. The Kier molecular flexibility index (Phi) is 3.86. The van der Waals surface area contributed by atoms with E-state index in [9.17, 15) is 0 Å². The van der Waals surface area contributed by atoms with E-state index in [0.29, 0.717) is 6.04 Å². The number of fused-ring (bicyclic) bond motifs is 1. The number of nitrogens with two attached hydrogens (primary N) is 1. The fraction of sp³-hybridized carbons (Fsp3) is 1.00. The molecule has 0 amide bonds. The van der Waals surface area contributed by atoms with Crippen LogP contribution in [0.1, 0.15) is 64.2 Å². The van der Waals surface area contributed by atoms with Crippen LogP contribution in [0.2, 0.25) is 0 Å². The van der Waals surface area contributed by atoms with Crippen molar-refractivity contribution in [1.82, 2.24) is 0 Å². The normalized spacial score (nSPS) is 40.5. The highest BCUT2D eigenvalue weighted by molar-refractivity contribution is 4.88. The van der Waals surface area contributed by atoms with Crippen molar-refractivity contribution in [3.05, 3.63) is 0 Å². The highest BCUT2D eigenvalue weighted by Gasteiger charge is 2.36. The summed E-state index contributed by atoms with van der Waals surface area (Å²) in [6.45, 7) is 0. The van der Waals surface area contributed by atoms with Crippen LogP contribution in [0.5, 0.6) is 0 Å². The van der Waals surface area contributed by atoms with Crippen LogP contribution in [-0.2, 0) is 0 Å². The van der Waals surface area contributed by atoms with Crippen molar-refractivity contribution in [2.75, 3.05) is 0 Å². The minimum atomic E-state index is 0.518. The number of rotatable bonds is 0. The molecule has 0 spiro atoms. The Morgan fingerprint density at radius 3 is 2.07 bits per heavy atom. The predicted octanol–water partition coefficient (Wildman–Crippen LogP) is 3.47. The quantitative estimate of drug-likeness (QED) is 0.629. The molecule has 1 nitrogen and oxygen atoms in total. The van der Waals surface area contributed by atoms with Crippen LogP contribution in [0.15, 0.2) is 0 Å². The molecule has 14 heavy (non-hydrogen) atoms. The van der Waals surface area contributed by atoms with Crippen molar-refractivity contribution in [2.45, 2.75) is 70.3 Å². The van der Waals surface area contributed by atoms with E-state index in [0.717, 1.165) is 11.8 Å². The van der Waals surface area contributed by atoms with E-state index >= 15 is 0 Å². The van der Waals surface area contributed by atoms with Gasteiger partial charge in [0.05, 0.1) is 0 Å². The highest BCUT2D eigenvalue weighted by atomic mass is 14.6. The van der Waals surface area contributed by atoms with Crippen molar-refractivity contribution in [3.63, 3.8) is 0 Å². The third kappa shape index (κ3) is 3.27. The van der Waals surface area contributed by atoms with E-state index in [1.807, 2.05) is 0 Å². The lowest BCUT2D eigenvalue weighted by molar-refractivity contribution is 0.452. The molecule has 82 valence electrons. The SMILES string of the molecule is NC1CCCCCCCCC2CC2C1. The molecule has 2 aliphatic rings. The van der Waals surface area contributed by atoms with Crippen LogP contribution in [-0.4, -0.2) is 6.04 Å². The Morgan fingerprint density at radius 1 is 0.643 bits per heavy atom. The van der Waals surface area contributed by atoms with Crippen molar-refractivity contribution >= 4 is 0 Å². The molecule has 0 aliphatic heterocycles. The molecule has 0 aromatic rings. The van der Waals surface area contributed by atoms with Gasteiger partial charge in [0.15, 0.2) is 0 Å². The van der Waals surface area contributed by atoms with Crippen LogP contribution >= 0.6 is 0 Å². The smallest absolute Gasteiger partial charge is 0.00415 e. The second-order valence-corrected chi connectivity index (χ2v) is 5.45. The summed E-state index contributed by atoms with van der Waals surface area (Å²) in [7, 11) is 0. The largest absolute Gasteiger partial charge is 0.328 e. The fourth-order valence-corrected chi connectivity index (χ4v) is 2.98. The maximum atomic E-state index is 6.13. The molecule has 2 saturated carbocycles. The van der Waals surface area contributed by atoms with Gasteiger partial charge in [-0.05, 0) is 31.1 Å². The van der Waals surface area contributed by atoms with Gasteiger partial charge in [-0.15, -0.1) is 0 Å². The minimum Gasteiger partial charge on any atom is -0.328 e. The molecule has 0 heterocycles. The first-order valence-electron chi connectivity index (χ1n) is 6.62. The van der Waals surface area contributed by atoms with E-state index in [2.05, 4.69) is 0 Å². The van der Waals surface area contributed by atoms with Gasteiger partial charge < -0.3 is 5.73 Å². The van der Waals surface area contributed by atoms with Crippen molar-refractivity contribution in [1.29, 1.82) is 0 Å². The molecule has 2 N–H and O–H groups in total. The van der Waals surface area contributed by atoms with Gasteiger partial charge in [0.25, 0.3) is 0 Å². The molecule has 2 rings (SSSR count). The topological polar surface area (TPSA) is 26.0 Å². The molecule has 0 aromatic heterocycles. The summed E-state index contributed by atoms with van der Waals surface area (Å²) in [5.41, 5.74) is 6.13. The first-order chi connectivity index (χ1) is 6.86. The molecule has 2 fully saturated rings. The van der Waals surface area contributed by atoms with Gasteiger partial charge in [-0.25, -0.2) is 0 Å². The maximum absolute atomic E-state index is 6.13. The van der Waals surface area contributed by atoms with Crippen LogP contribution in [0.25, 0.3) is 0 Å². The van der Waals surface area contributed by atoms with Gasteiger partial charge in [0.2, 0.25) is 0 Å².